The van der Waals surface area contributed by atoms with E-state index in [9.17, 15) is 16.8 Å². The molecule has 1 atom stereocenters. The summed E-state index contributed by atoms with van der Waals surface area (Å²) < 4.78 is 61.5. The lowest BCUT2D eigenvalue weighted by molar-refractivity contribution is 0.330. The lowest BCUT2D eigenvalue weighted by atomic mass is 10.1. The predicted molar refractivity (Wildman–Crippen MR) is 128 cm³/mol. The maximum atomic E-state index is 13.5. The van der Waals surface area contributed by atoms with Crippen LogP contribution in [0.4, 0.5) is 0 Å². The summed E-state index contributed by atoms with van der Waals surface area (Å²) in [6.45, 7) is 7.25. The Bertz CT molecular complexity index is 1320. The molecule has 0 bridgehead atoms. The smallest absolute Gasteiger partial charge is 0.244 e. The number of aryl methyl sites for hydroxylation is 3. The predicted octanol–water partition coefficient (Wildman–Crippen LogP) is 3.90. The van der Waals surface area contributed by atoms with Gasteiger partial charge in [-0.2, -0.15) is 0 Å². The van der Waals surface area contributed by atoms with Crippen LogP contribution in [0.2, 0.25) is 0 Å². The van der Waals surface area contributed by atoms with Crippen molar-refractivity contribution < 1.29 is 21.6 Å². The average Bonchev–Trinajstić information content (AvgIpc) is 2.77. The van der Waals surface area contributed by atoms with Gasteiger partial charge in [-0.3, -0.25) is 4.98 Å². The number of pyridine rings is 1. The highest BCUT2D eigenvalue weighted by atomic mass is 32.2. The molecule has 0 aliphatic carbocycles. The number of aromatic nitrogens is 1. The van der Waals surface area contributed by atoms with Crippen molar-refractivity contribution in [1.29, 1.82) is 0 Å². The van der Waals surface area contributed by atoms with Crippen molar-refractivity contribution in [2.45, 2.75) is 42.7 Å². The second-order valence-corrected chi connectivity index (χ2v) is 11.7. The minimum Gasteiger partial charge on any atom is -0.492 e. The standard InChI is InChI=1S/C24H28N2O5S2/c1-5-31-22-13-18(3)19(4)14-23(22)33(29,30)26-16-24(20-7-6-12-25-15-20)32(27,28)21-10-8-17(2)9-11-21/h6-15,24,26H,5,16H2,1-4H3. The second-order valence-electron chi connectivity index (χ2n) is 7.80. The molecule has 0 fully saturated rings. The van der Waals surface area contributed by atoms with Crippen LogP contribution in [0, 0.1) is 20.8 Å². The first-order valence-corrected chi connectivity index (χ1v) is 13.5. The third kappa shape index (κ3) is 5.61. The summed E-state index contributed by atoms with van der Waals surface area (Å²) in [5.41, 5.74) is 3.00. The quantitative estimate of drug-likeness (QED) is 0.490. The monoisotopic (exact) mass is 488 g/mol. The van der Waals surface area contributed by atoms with Crippen LogP contribution in [-0.4, -0.2) is 35.0 Å². The Labute approximate surface area is 195 Å². The molecule has 3 rings (SSSR count). The minimum absolute atomic E-state index is 0.0230. The van der Waals surface area contributed by atoms with Gasteiger partial charge < -0.3 is 4.74 Å². The molecule has 0 aliphatic heterocycles. The zero-order valence-corrected chi connectivity index (χ0v) is 20.7. The van der Waals surface area contributed by atoms with E-state index in [1.807, 2.05) is 20.8 Å². The Balaban J connectivity index is 2.00. The molecule has 0 amide bonds. The largest absolute Gasteiger partial charge is 0.492 e. The molecule has 1 heterocycles. The Morgan fingerprint density at radius 3 is 2.24 bits per heavy atom. The molecular formula is C24H28N2O5S2. The van der Waals surface area contributed by atoms with E-state index in [-0.39, 0.29) is 22.1 Å². The van der Waals surface area contributed by atoms with Gasteiger partial charge in [0.25, 0.3) is 0 Å². The first-order valence-electron chi connectivity index (χ1n) is 10.5. The normalized spacial score (nSPS) is 13.0. The Hall–Kier alpha value is -2.75. The zero-order chi connectivity index (χ0) is 24.2. The lowest BCUT2D eigenvalue weighted by Crippen LogP contribution is -2.32. The molecule has 0 saturated heterocycles. The maximum absolute atomic E-state index is 13.5. The van der Waals surface area contributed by atoms with Gasteiger partial charge in [0.1, 0.15) is 15.9 Å². The Morgan fingerprint density at radius 1 is 0.970 bits per heavy atom. The zero-order valence-electron chi connectivity index (χ0n) is 19.1. The van der Waals surface area contributed by atoms with Crippen molar-refractivity contribution in [3.63, 3.8) is 0 Å². The summed E-state index contributed by atoms with van der Waals surface area (Å²) in [4.78, 5) is 4.12. The molecule has 0 saturated carbocycles. The van der Waals surface area contributed by atoms with Crippen molar-refractivity contribution in [3.8, 4) is 5.75 Å². The second kappa shape index (κ2) is 10.0. The summed E-state index contributed by atoms with van der Waals surface area (Å²) in [5.74, 6) is 0.229. The van der Waals surface area contributed by atoms with Crippen LogP contribution >= 0.6 is 0 Å². The van der Waals surface area contributed by atoms with Crippen LogP contribution in [0.5, 0.6) is 5.75 Å². The fourth-order valence-corrected chi connectivity index (χ4v) is 6.38. The van der Waals surface area contributed by atoms with E-state index in [2.05, 4.69) is 9.71 Å². The number of sulfone groups is 1. The molecule has 3 aromatic rings. The van der Waals surface area contributed by atoms with Crippen LogP contribution in [0.15, 0.2) is 70.7 Å². The van der Waals surface area contributed by atoms with Gasteiger partial charge in [0.2, 0.25) is 10.0 Å². The summed E-state index contributed by atoms with van der Waals surface area (Å²) >= 11 is 0. The molecule has 0 aliphatic rings. The molecule has 0 radical (unpaired) electrons. The molecule has 9 heteroatoms. The van der Waals surface area contributed by atoms with E-state index in [0.29, 0.717) is 12.2 Å². The number of sulfonamides is 1. The van der Waals surface area contributed by atoms with Gasteiger partial charge in [-0.05, 0) is 74.7 Å². The van der Waals surface area contributed by atoms with Gasteiger partial charge >= 0.3 is 0 Å². The van der Waals surface area contributed by atoms with Gasteiger partial charge in [0.15, 0.2) is 9.84 Å². The van der Waals surface area contributed by atoms with Crippen LogP contribution in [0.1, 0.15) is 34.4 Å². The van der Waals surface area contributed by atoms with Gasteiger partial charge in [0, 0.05) is 18.9 Å². The van der Waals surface area contributed by atoms with E-state index in [1.54, 1.807) is 37.3 Å². The van der Waals surface area contributed by atoms with E-state index in [0.717, 1.165) is 16.7 Å². The third-order valence-electron chi connectivity index (χ3n) is 5.39. The topological polar surface area (TPSA) is 102 Å². The van der Waals surface area contributed by atoms with Crippen LogP contribution in [-0.2, 0) is 19.9 Å². The number of benzene rings is 2. The third-order valence-corrected chi connectivity index (χ3v) is 8.95. The summed E-state index contributed by atoms with van der Waals surface area (Å²) in [5, 5.41) is -1.16. The number of ether oxygens (including phenoxy) is 1. The number of rotatable bonds is 9. The number of nitrogens with one attached hydrogen (secondary N) is 1. The highest BCUT2D eigenvalue weighted by Crippen LogP contribution is 2.31. The molecule has 0 spiro atoms. The molecule has 7 nitrogen and oxygen atoms in total. The van der Waals surface area contributed by atoms with Gasteiger partial charge in [-0.15, -0.1) is 0 Å². The summed E-state index contributed by atoms with van der Waals surface area (Å²) in [6.07, 6.45) is 2.97. The van der Waals surface area contributed by atoms with Crippen molar-refractivity contribution >= 4 is 19.9 Å². The fourth-order valence-electron chi connectivity index (χ4n) is 3.37. The molecule has 176 valence electrons. The fraction of sp³-hybridized carbons (Fsp3) is 0.292. The van der Waals surface area contributed by atoms with Crippen molar-refractivity contribution in [1.82, 2.24) is 9.71 Å². The van der Waals surface area contributed by atoms with Crippen LogP contribution < -0.4 is 9.46 Å². The highest BCUT2D eigenvalue weighted by Gasteiger charge is 2.32. The summed E-state index contributed by atoms with van der Waals surface area (Å²) in [7, 11) is -7.97. The molecular weight excluding hydrogens is 460 g/mol. The van der Waals surface area contributed by atoms with Crippen molar-refractivity contribution in [3.05, 3.63) is 83.2 Å². The van der Waals surface area contributed by atoms with E-state index < -0.39 is 25.1 Å². The number of nitrogens with zero attached hydrogens (tertiary/aromatic N) is 1. The van der Waals surface area contributed by atoms with Crippen molar-refractivity contribution in [2.75, 3.05) is 13.2 Å². The maximum Gasteiger partial charge on any atom is 0.244 e. The first kappa shape index (κ1) is 24.9. The van der Waals surface area contributed by atoms with Gasteiger partial charge in [-0.1, -0.05) is 23.8 Å². The minimum atomic E-state index is -4.06. The Morgan fingerprint density at radius 2 is 1.64 bits per heavy atom. The number of hydrogen-bond acceptors (Lipinski definition) is 6. The Kier molecular flexibility index (Phi) is 7.56. The average molecular weight is 489 g/mol. The van der Waals surface area contributed by atoms with Crippen molar-refractivity contribution in [2.24, 2.45) is 0 Å². The molecule has 1 aromatic heterocycles. The van der Waals surface area contributed by atoms with E-state index in [4.69, 9.17) is 4.74 Å². The number of hydrogen-bond donors (Lipinski definition) is 1. The lowest BCUT2D eigenvalue weighted by Gasteiger charge is -2.20. The van der Waals surface area contributed by atoms with Gasteiger partial charge in [0.05, 0.1) is 11.5 Å². The summed E-state index contributed by atoms with van der Waals surface area (Å²) in [6, 6.07) is 12.9. The molecule has 1 unspecified atom stereocenters. The van der Waals surface area contributed by atoms with Crippen LogP contribution in [0.3, 0.4) is 0 Å². The molecule has 33 heavy (non-hydrogen) atoms. The van der Waals surface area contributed by atoms with E-state index >= 15 is 0 Å². The van der Waals surface area contributed by atoms with E-state index in [1.165, 1.54) is 30.6 Å². The van der Waals surface area contributed by atoms with Gasteiger partial charge in [-0.25, -0.2) is 21.6 Å². The first-order chi connectivity index (χ1) is 15.6. The molecule has 1 N–H and O–H groups in total. The highest BCUT2D eigenvalue weighted by molar-refractivity contribution is 7.92. The van der Waals surface area contributed by atoms with Crippen LogP contribution in [0.25, 0.3) is 0 Å². The molecule has 2 aromatic carbocycles. The SMILES string of the molecule is CCOc1cc(C)c(C)cc1S(=O)(=O)NCC(c1cccnc1)S(=O)(=O)c1ccc(C)cc1.